The Hall–Kier alpha value is -1.46. The Balaban J connectivity index is 1.34. The largest absolute Gasteiger partial charge is 0.377 e. The van der Waals surface area contributed by atoms with Gasteiger partial charge in [-0.3, -0.25) is 9.69 Å². The summed E-state index contributed by atoms with van der Waals surface area (Å²) in [4.78, 5) is 16.9. The molecule has 1 aliphatic carbocycles. The van der Waals surface area contributed by atoms with Crippen LogP contribution in [0.1, 0.15) is 29.6 Å². The summed E-state index contributed by atoms with van der Waals surface area (Å²) in [6.45, 7) is 4.29. The van der Waals surface area contributed by atoms with Gasteiger partial charge in [-0.05, 0) is 49.4 Å². The van der Waals surface area contributed by atoms with Crippen molar-refractivity contribution in [1.82, 2.24) is 9.80 Å². The molecule has 2 saturated heterocycles. The molecule has 1 saturated carbocycles. The van der Waals surface area contributed by atoms with Crippen LogP contribution in [0.25, 0.3) is 0 Å². The van der Waals surface area contributed by atoms with Crippen molar-refractivity contribution in [2.45, 2.75) is 31.4 Å². The Kier molecular flexibility index (Phi) is 4.07. The third-order valence-electron chi connectivity index (χ3n) is 5.22. The van der Waals surface area contributed by atoms with Gasteiger partial charge in [-0.15, -0.1) is 0 Å². The monoisotopic (exact) mass is 318 g/mol. The first-order valence-electron chi connectivity index (χ1n) is 8.59. The number of benzene rings is 1. The standard InChI is InChI=1S/C18H23FN2O2/c19-15-5-3-14(4-6-15)18(22)21-8-7-20-11-17(9-16(20)10-21)23-12-13-1-2-13/h3-6,13,16-17H,1-2,7-12H2/t16-,17+/m0/s1. The van der Waals surface area contributed by atoms with Gasteiger partial charge in [0.1, 0.15) is 5.82 Å². The van der Waals surface area contributed by atoms with E-state index < -0.39 is 0 Å². The van der Waals surface area contributed by atoms with Crippen LogP contribution in [0.5, 0.6) is 0 Å². The molecule has 4 rings (SSSR count). The third kappa shape index (κ3) is 3.40. The van der Waals surface area contributed by atoms with Crippen molar-refractivity contribution in [2.75, 3.05) is 32.8 Å². The summed E-state index contributed by atoms with van der Waals surface area (Å²) in [5, 5.41) is 0. The van der Waals surface area contributed by atoms with Crippen LogP contribution in [0, 0.1) is 11.7 Å². The molecule has 1 aromatic rings. The van der Waals surface area contributed by atoms with E-state index in [9.17, 15) is 9.18 Å². The van der Waals surface area contributed by atoms with E-state index in [0.29, 0.717) is 17.7 Å². The molecule has 0 unspecified atom stereocenters. The van der Waals surface area contributed by atoms with Crippen LogP contribution < -0.4 is 0 Å². The molecule has 3 fully saturated rings. The number of hydrogen-bond acceptors (Lipinski definition) is 3. The number of hydrogen-bond donors (Lipinski definition) is 0. The first kappa shape index (κ1) is 15.1. The van der Waals surface area contributed by atoms with Gasteiger partial charge in [0, 0.05) is 44.4 Å². The van der Waals surface area contributed by atoms with Gasteiger partial charge in [-0.25, -0.2) is 4.39 Å². The third-order valence-corrected chi connectivity index (χ3v) is 5.22. The molecule has 0 spiro atoms. The van der Waals surface area contributed by atoms with E-state index in [-0.39, 0.29) is 11.7 Å². The summed E-state index contributed by atoms with van der Waals surface area (Å²) in [6.07, 6.45) is 3.97. The Morgan fingerprint density at radius 2 is 1.96 bits per heavy atom. The maximum atomic E-state index is 13.0. The zero-order chi connectivity index (χ0) is 15.8. The Morgan fingerprint density at radius 3 is 2.70 bits per heavy atom. The summed E-state index contributed by atoms with van der Waals surface area (Å²) in [6, 6.07) is 6.24. The van der Waals surface area contributed by atoms with Crippen molar-refractivity contribution in [2.24, 2.45) is 5.92 Å². The van der Waals surface area contributed by atoms with Crippen LogP contribution in [-0.2, 0) is 4.74 Å². The summed E-state index contributed by atoms with van der Waals surface area (Å²) < 4.78 is 19.0. The van der Waals surface area contributed by atoms with Crippen LogP contribution in [-0.4, -0.2) is 60.6 Å². The van der Waals surface area contributed by atoms with E-state index in [1.165, 1.54) is 25.0 Å². The van der Waals surface area contributed by atoms with Crippen LogP contribution in [0.3, 0.4) is 0 Å². The normalized spacial score (nSPS) is 28.0. The SMILES string of the molecule is O=C(c1ccc(F)cc1)N1CCN2C[C@H](OCC3CC3)C[C@H]2C1. The lowest BCUT2D eigenvalue weighted by Gasteiger charge is -2.37. The molecule has 1 aromatic carbocycles. The van der Waals surface area contributed by atoms with Crippen molar-refractivity contribution in [1.29, 1.82) is 0 Å². The van der Waals surface area contributed by atoms with Crippen LogP contribution >= 0.6 is 0 Å². The molecule has 2 heterocycles. The highest BCUT2D eigenvalue weighted by Crippen LogP contribution is 2.31. The summed E-state index contributed by atoms with van der Waals surface area (Å²) in [7, 11) is 0. The van der Waals surface area contributed by atoms with E-state index in [0.717, 1.165) is 45.1 Å². The smallest absolute Gasteiger partial charge is 0.253 e. The molecule has 4 nitrogen and oxygen atoms in total. The minimum Gasteiger partial charge on any atom is -0.377 e. The van der Waals surface area contributed by atoms with Crippen LogP contribution in [0.4, 0.5) is 4.39 Å². The van der Waals surface area contributed by atoms with E-state index in [1.54, 1.807) is 12.1 Å². The fourth-order valence-electron chi connectivity index (χ4n) is 3.63. The number of ether oxygens (including phenoxy) is 1. The maximum absolute atomic E-state index is 13.0. The lowest BCUT2D eigenvalue weighted by molar-refractivity contribution is 0.0492. The average molecular weight is 318 g/mol. The number of fused-ring (bicyclic) bond motifs is 1. The molecular formula is C18H23FN2O2. The van der Waals surface area contributed by atoms with Crippen molar-refractivity contribution in [3.05, 3.63) is 35.6 Å². The number of carbonyl (C=O) groups is 1. The number of piperazine rings is 1. The lowest BCUT2D eigenvalue weighted by atomic mass is 10.1. The van der Waals surface area contributed by atoms with Gasteiger partial charge < -0.3 is 9.64 Å². The van der Waals surface area contributed by atoms with Crippen molar-refractivity contribution in [3.8, 4) is 0 Å². The highest BCUT2D eigenvalue weighted by atomic mass is 19.1. The molecule has 0 radical (unpaired) electrons. The van der Waals surface area contributed by atoms with Gasteiger partial charge in [0.15, 0.2) is 0 Å². The fraction of sp³-hybridized carbons (Fsp3) is 0.611. The zero-order valence-electron chi connectivity index (χ0n) is 13.3. The molecule has 0 N–H and O–H groups in total. The fourth-order valence-corrected chi connectivity index (χ4v) is 3.63. The van der Waals surface area contributed by atoms with Crippen molar-refractivity contribution < 1.29 is 13.9 Å². The molecule has 2 aliphatic heterocycles. The molecule has 2 atom stereocenters. The second kappa shape index (κ2) is 6.21. The first-order chi connectivity index (χ1) is 11.2. The van der Waals surface area contributed by atoms with Gasteiger partial charge >= 0.3 is 0 Å². The lowest BCUT2D eigenvalue weighted by Crippen LogP contribution is -2.52. The summed E-state index contributed by atoms with van der Waals surface area (Å²) >= 11 is 0. The molecule has 0 bridgehead atoms. The minimum atomic E-state index is -0.308. The van der Waals surface area contributed by atoms with Gasteiger partial charge in [-0.1, -0.05) is 0 Å². The predicted molar refractivity (Wildman–Crippen MR) is 84.7 cm³/mol. The summed E-state index contributed by atoms with van der Waals surface area (Å²) in [5.41, 5.74) is 0.569. The van der Waals surface area contributed by atoms with Crippen molar-refractivity contribution >= 4 is 5.91 Å². The van der Waals surface area contributed by atoms with E-state index in [2.05, 4.69) is 4.90 Å². The molecule has 0 aromatic heterocycles. The predicted octanol–water partition coefficient (Wildman–Crippen LogP) is 2.15. The number of halogens is 1. The maximum Gasteiger partial charge on any atom is 0.253 e. The van der Waals surface area contributed by atoms with Gasteiger partial charge in [0.25, 0.3) is 5.91 Å². The molecule has 5 heteroatoms. The van der Waals surface area contributed by atoms with Crippen molar-refractivity contribution in [3.63, 3.8) is 0 Å². The molecular weight excluding hydrogens is 295 g/mol. The average Bonchev–Trinajstić information content (AvgIpc) is 3.30. The van der Waals surface area contributed by atoms with Gasteiger partial charge in [0.2, 0.25) is 0 Å². The van der Waals surface area contributed by atoms with Gasteiger partial charge in [0.05, 0.1) is 6.10 Å². The number of nitrogens with zero attached hydrogens (tertiary/aromatic N) is 2. The second-order valence-corrected chi connectivity index (χ2v) is 7.04. The first-order valence-corrected chi connectivity index (χ1v) is 8.59. The van der Waals surface area contributed by atoms with Crippen LogP contribution in [0.2, 0.25) is 0 Å². The highest BCUT2D eigenvalue weighted by molar-refractivity contribution is 5.94. The van der Waals surface area contributed by atoms with E-state index in [1.807, 2.05) is 4.90 Å². The number of amides is 1. The molecule has 124 valence electrons. The number of carbonyl (C=O) groups excluding carboxylic acids is 1. The molecule has 3 aliphatic rings. The quantitative estimate of drug-likeness (QED) is 0.853. The zero-order valence-corrected chi connectivity index (χ0v) is 13.3. The minimum absolute atomic E-state index is 0.00648. The Labute approximate surface area is 136 Å². The Morgan fingerprint density at radius 1 is 1.17 bits per heavy atom. The molecule has 23 heavy (non-hydrogen) atoms. The van der Waals surface area contributed by atoms with Gasteiger partial charge in [-0.2, -0.15) is 0 Å². The summed E-state index contributed by atoms with van der Waals surface area (Å²) in [5.74, 6) is 0.494. The van der Waals surface area contributed by atoms with E-state index >= 15 is 0 Å². The van der Waals surface area contributed by atoms with Crippen LogP contribution in [0.15, 0.2) is 24.3 Å². The number of rotatable bonds is 4. The Bertz CT molecular complexity index is 573. The van der Waals surface area contributed by atoms with E-state index in [4.69, 9.17) is 4.74 Å². The molecule has 1 amide bonds. The highest BCUT2D eigenvalue weighted by Gasteiger charge is 2.38. The second-order valence-electron chi connectivity index (χ2n) is 7.04. The topological polar surface area (TPSA) is 32.8 Å².